The first kappa shape index (κ1) is 12.9. The monoisotopic (exact) mass is 292 g/mol. The van der Waals surface area contributed by atoms with Crippen LogP contribution < -0.4 is 0 Å². The van der Waals surface area contributed by atoms with Crippen molar-refractivity contribution in [1.29, 1.82) is 0 Å². The number of benzene rings is 1. The van der Waals surface area contributed by atoms with Gasteiger partial charge in [0.2, 0.25) is 5.28 Å². The van der Waals surface area contributed by atoms with Crippen molar-refractivity contribution in [2.45, 2.75) is 31.1 Å². The van der Waals surface area contributed by atoms with Crippen molar-refractivity contribution in [1.82, 2.24) is 9.97 Å². The first-order valence-corrected chi connectivity index (χ1v) is 7.11. The van der Waals surface area contributed by atoms with Gasteiger partial charge >= 0.3 is 0 Å². The van der Waals surface area contributed by atoms with E-state index in [1.807, 2.05) is 12.1 Å². The molecule has 2 unspecified atom stereocenters. The summed E-state index contributed by atoms with van der Waals surface area (Å²) in [4.78, 5) is 8.30. The van der Waals surface area contributed by atoms with Gasteiger partial charge < -0.3 is 0 Å². The van der Waals surface area contributed by atoms with Gasteiger partial charge in [0.15, 0.2) is 0 Å². The molecular formula is C15H14Cl2N2. The number of nitrogens with zero attached hydrogens (tertiary/aromatic N) is 2. The summed E-state index contributed by atoms with van der Waals surface area (Å²) in [5, 5.41) is 0.636. The van der Waals surface area contributed by atoms with Crippen LogP contribution in [0.15, 0.2) is 36.4 Å². The lowest BCUT2D eigenvalue weighted by atomic mass is 9.57. The first-order valence-electron chi connectivity index (χ1n) is 6.35. The highest BCUT2D eigenvalue weighted by atomic mass is 35.5. The molecule has 0 saturated heterocycles. The summed E-state index contributed by atoms with van der Waals surface area (Å²) in [5.74, 6) is 0.468. The third kappa shape index (κ3) is 2.24. The van der Waals surface area contributed by atoms with Gasteiger partial charge in [-0.15, -0.1) is 0 Å². The van der Waals surface area contributed by atoms with E-state index in [1.54, 1.807) is 0 Å². The number of hydrogen-bond donors (Lipinski definition) is 0. The van der Waals surface area contributed by atoms with Crippen LogP contribution in [0.1, 0.15) is 36.9 Å². The van der Waals surface area contributed by atoms with Gasteiger partial charge in [-0.2, -0.15) is 0 Å². The van der Waals surface area contributed by atoms with Crippen molar-refractivity contribution >= 4 is 23.2 Å². The SMILES string of the molecule is CC1(c2cc(Cl)nc(Cl)n2)CCC1c1ccccc1. The van der Waals surface area contributed by atoms with E-state index in [0.717, 1.165) is 12.1 Å². The zero-order valence-corrected chi connectivity index (χ0v) is 12.1. The predicted molar refractivity (Wildman–Crippen MR) is 77.8 cm³/mol. The molecule has 4 heteroatoms. The molecule has 0 amide bonds. The van der Waals surface area contributed by atoms with Crippen molar-refractivity contribution in [3.05, 3.63) is 58.1 Å². The summed E-state index contributed by atoms with van der Waals surface area (Å²) >= 11 is 11.9. The molecule has 1 aromatic carbocycles. The van der Waals surface area contributed by atoms with Crippen LogP contribution in [0.4, 0.5) is 0 Å². The maximum Gasteiger partial charge on any atom is 0.224 e. The van der Waals surface area contributed by atoms with E-state index in [9.17, 15) is 0 Å². The van der Waals surface area contributed by atoms with Crippen molar-refractivity contribution in [2.75, 3.05) is 0 Å². The van der Waals surface area contributed by atoms with Gasteiger partial charge in [-0.3, -0.25) is 0 Å². The minimum absolute atomic E-state index is 0.00241. The molecule has 0 bridgehead atoms. The molecule has 1 heterocycles. The minimum atomic E-state index is -0.00241. The van der Waals surface area contributed by atoms with Crippen LogP contribution >= 0.6 is 23.2 Å². The van der Waals surface area contributed by atoms with Crippen LogP contribution in [-0.4, -0.2) is 9.97 Å². The normalized spacial score (nSPS) is 25.9. The highest BCUT2D eigenvalue weighted by Crippen LogP contribution is 2.53. The van der Waals surface area contributed by atoms with E-state index in [-0.39, 0.29) is 10.7 Å². The third-order valence-electron chi connectivity index (χ3n) is 4.18. The van der Waals surface area contributed by atoms with E-state index in [2.05, 4.69) is 41.2 Å². The zero-order chi connectivity index (χ0) is 13.5. The average molecular weight is 293 g/mol. The summed E-state index contributed by atoms with van der Waals surface area (Å²) in [6.45, 7) is 2.23. The summed E-state index contributed by atoms with van der Waals surface area (Å²) in [6, 6.07) is 12.4. The average Bonchev–Trinajstić information content (AvgIpc) is 2.36. The third-order valence-corrected chi connectivity index (χ3v) is 4.54. The van der Waals surface area contributed by atoms with Crippen molar-refractivity contribution in [3.63, 3.8) is 0 Å². The minimum Gasteiger partial charge on any atom is -0.222 e. The van der Waals surface area contributed by atoms with Gasteiger partial charge in [0, 0.05) is 5.41 Å². The second-order valence-corrected chi connectivity index (χ2v) is 5.99. The Kier molecular flexibility index (Phi) is 3.23. The highest BCUT2D eigenvalue weighted by Gasteiger charge is 2.46. The fourth-order valence-corrected chi connectivity index (χ4v) is 3.34. The maximum atomic E-state index is 6.00. The summed E-state index contributed by atoms with van der Waals surface area (Å²) < 4.78 is 0. The molecule has 0 radical (unpaired) electrons. The molecule has 1 aliphatic rings. The molecule has 98 valence electrons. The quantitative estimate of drug-likeness (QED) is 0.596. The Morgan fingerprint density at radius 3 is 2.47 bits per heavy atom. The molecule has 1 fully saturated rings. The van der Waals surface area contributed by atoms with Gasteiger partial charge in [0.25, 0.3) is 0 Å². The second kappa shape index (κ2) is 4.77. The molecular weight excluding hydrogens is 279 g/mol. The Balaban J connectivity index is 1.99. The number of aromatic nitrogens is 2. The molecule has 2 atom stereocenters. The topological polar surface area (TPSA) is 25.8 Å². The molecule has 0 N–H and O–H groups in total. The molecule has 1 aromatic heterocycles. The second-order valence-electron chi connectivity index (χ2n) is 5.26. The Labute approximate surface area is 122 Å². The van der Waals surface area contributed by atoms with Crippen LogP contribution in [0.25, 0.3) is 0 Å². The summed E-state index contributed by atoms with van der Waals surface area (Å²) in [5.41, 5.74) is 2.29. The first-order chi connectivity index (χ1) is 9.09. The molecule has 19 heavy (non-hydrogen) atoms. The molecule has 1 aliphatic carbocycles. The van der Waals surface area contributed by atoms with Crippen molar-refractivity contribution in [2.24, 2.45) is 0 Å². The fraction of sp³-hybridized carbons (Fsp3) is 0.333. The Morgan fingerprint density at radius 1 is 1.16 bits per heavy atom. The van der Waals surface area contributed by atoms with Gasteiger partial charge in [-0.25, -0.2) is 9.97 Å². The lowest BCUT2D eigenvalue weighted by Gasteiger charge is -2.47. The maximum absolute atomic E-state index is 6.00. The molecule has 2 nitrogen and oxygen atoms in total. The van der Waals surface area contributed by atoms with Crippen LogP contribution in [0, 0.1) is 0 Å². The van der Waals surface area contributed by atoms with Gasteiger partial charge in [0.05, 0.1) is 5.69 Å². The van der Waals surface area contributed by atoms with Crippen LogP contribution in [0.5, 0.6) is 0 Å². The molecule has 1 saturated carbocycles. The summed E-state index contributed by atoms with van der Waals surface area (Å²) in [6.07, 6.45) is 2.26. The van der Waals surface area contributed by atoms with Crippen molar-refractivity contribution in [3.8, 4) is 0 Å². The fourth-order valence-electron chi connectivity index (χ4n) is 2.93. The number of rotatable bonds is 2. The Bertz CT molecular complexity index is 580. The van der Waals surface area contributed by atoms with E-state index >= 15 is 0 Å². The Hall–Kier alpha value is -1.12. The predicted octanol–water partition coefficient (Wildman–Crippen LogP) is 4.62. The van der Waals surface area contributed by atoms with Crippen LogP contribution in [0.2, 0.25) is 10.4 Å². The highest BCUT2D eigenvalue weighted by molar-refractivity contribution is 6.31. The molecule has 3 rings (SSSR count). The summed E-state index contributed by atoms with van der Waals surface area (Å²) in [7, 11) is 0. The molecule has 0 spiro atoms. The van der Waals surface area contributed by atoms with Gasteiger partial charge in [-0.1, -0.05) is 48.9 Å². The lowest BCUT2D eigenvalue weighted by Crippen LogP contribution is -2.40. The molecule has 2 aromatic rings. The van der Waals surface area contributed by atoms with E-state index in [4.69, 9.17) is 23.2 Å². The lowest BCUT2D eigenvalue weighted by molar-refractivity contribution is 0.208. The number of halogens is 2. The van der Waals surface area contributed by atoms with Crippen LogP contribution in [-0.2, 0) is 5.41 Å². The van der Waals surface area contributed by atoms with Gasteiger partial charge in [-0.05, 0) is 42.0 Å². The van der Waals surface area contributed by atoms with E-state index < -0.39 is 0 Å². The van der Waals surface area contributed by atoms with E-state index in [0.29, 0.717) is 11.1 Å². The number of hydrogen-bond acceptors (Lipinski definition) is 2. The van der Waals surface area contributed by atoms with Crippen molar-refractivity contribution < 1.29 is 0 Å². The zero-order valence-electron chi connectivity index (χ0n) is 10.6. The van der Waals surface area contributed by atoms with Crippen LogP contribution in [0.3, 0.4) is 0 Å². The largest absolute Gasteiger partial charge is 0.224 e. The smallest absolute Gasteiger partial charge is 0.222 e. The molecule has 0 aliphatic heterocycles. The van der Waals surface area contributed by atoms with Gasteiger partial charge in [0.1, 0.15) is 5.15 Å². The van der Waals surface area contributed by atoms with E-state index in [1.165, 1.54) is 12.0 Å². The Morgan fingerprint density at radius 2 is 1.89 bits per heavy atom. The standard InChI is InChI=1S/C15H14Cl2N2/c1-15(12-9-13(16)19-14(17)18-12)8-7-11(15)10-5-3-2-4-6-10/h2-6,9,11H,7-8H2,1H3.